The minimum Gasteiger partial charge on any atom is -0.268 e. The number of rotatable bonds is 28. The van der Waals surface area contributed by atoms with E-state index in [-0.39, 0.29) is 22.2 Å². The van der Waals surface area contributed by atoms with Crippen LogP contribution in [0.5, 0.6) is 0 Å². The molecule has 12 nitrogen and oxygen atoms in total. The maximum Gasteiger partial charge on any atom is 0.265 e. The minimum absolute atomic E-state index is 0.00680. The summed E-state index contributed by atoms with van der Waals surface area (Å²) in [5.41, 5.74) is 10.4. The van der Waals surface area contributed by atoms with Gasteiger partial charge in [-0.15, -0.1) is 68.0 Å². The van der Waals surface area contributed by atoms with Crippen LogP contribution >= 0.6 is 132 Å². The standard InChI is InChI=1S/2C36H36Br2N4O2S3/c1-3-5-7-9-11-13-15-19-20(16-14-12-10-8-6-4-2)24-26-25-23(19)35(43)41-27-21(37)17-45-33(27)39-31(41)29(25)47-30(26)32-40-34-28(22(38)18-46-34)42(32)36(24)44;1-3-5-7-9-11-13-15-19-20(16-14-12-10-8-6-4-2)26-28-27-25(19)35(43)41-21-17-23(37)45-33(21)39-31(41)29(27)47-30(28)32-40-34-22(18-24(38)46-34)42(32)36(26)44/h2*17-18H,3-16H2,1-2H3. The Morgan fingerprint density at radius 2 is 0.596 bits per heavy atom. The van der Waals surface area contributed by atoms with E-state index in [0.29, 0.717) is 22.6 Å². The van der Waals surface area contributed by atoms with E-state index in [1.54, 1.807) is 68.0 Å². The highest BCUT2D eigenvalue weighted by Crippen LogP contribution is 2.50. The molecule has 14 heterocycles. The molecule has 22 heteroatoms. The normalized spacial score (nSPS) is 12.8. The van der Waals surface area contributed by atoms with Gasteiger partial charge in [0, 0.05) is 32.3 Å². The van der Waals surface area contributed by atoms with Gasteiger partial charge in [-0.25, -0.2) is 19.9 Å². The van der Waals surface area contributed by atoms with Crippen LogP contribution < -0.4 is 22.2 Å². The van der Waals surface area contributed by atoms with E-state index in [4.69, 9.17) is 19.9 Å². The van der Waals surface area contributed by atoms with Crippen molar-refractivity contribution in [2.75, 3.05) is 0 Å². The molecule has 0 aliphatic heterocycles. The van der Waals surface area contributed by atoms with Crippen molar-refractivity contribution in [1.82, 2.24) is 37.5 Å². The second-order valence-electron chi connectivity index (χ2n) is 25.8. The Hall–Kier alpha value is -4.36. The third-order valence-corrected chi connectivity index (χ3v) is 28.6. The van der Waals surface area contributed by atoms with E-state index in [1.165, 1.54) is 103 Å². The summed E-state index contributed by atoms with van der Waals surface area (Å²) in [6.45, 7) is 8.99. The highest BCUT2D eigenvalue weighted by Gasteiger charge is 2.33. The van der Waals surface area contributed by atoms with Gasteiger partial charge in [0.25, 0.3) is 22.2 Å². The number of pyridine rings is 4. The van der Waals surface area contributed by atoms with Crippen LogP contribution in [0.3, 0.4) is 0 Å². The lowest BCUT2D eigenvalue weighted by molar-refractivity contribution is 0.600. The summed E-state index contributed by atoms with van der Waals surface area (Å²) in [5.74, 6) is 0. The lowest BCUT2D eigenvalue weighted by Gasteiger charge is -2.17. The lowest BCUT2D eigenvalue weighted by atomic mass is 9.87. The SMILES string of the molecule is CCCCCCCCc1c(CCCCCCCC)c2c(=O)n3c(nc4scc(Br)c43)c3sc4c(c1c(=O)n1c4nc4scc(Br)c41)c23.CCCCCCCCc1c(CCCCCCCC)c2c(=O)n3c4cc(Br)sc4nc3c3sc4c(c1c(=O)n1c5cc(Br)sc5nc41)c23. The number of nitrogens with zero attached hydrogens (tertiary/aromatic N) is 8. The molecule has 0 aliphatic carbocycles. The van der Waals surface area contributed by atoms with Gasteiger partial charge in [-0.2, -0.15) is 0 Å². The van der Waals surface area contributed by atoms with Crippen molar-refractivity contribution in [2.24, 2.45) is 0 Å². The number of benzene rings is 2. The Kier molecular flexibility index (Phi) is 19.1. The molecule has 0 aliphatic rings. The van der Waals surface area contributed by atoms with Crippen molar-refractivity contribution in [3.63, 3.8) is 0 Å². The van der Waals surface area contributed by atoms with E-state index in [1.807, 2.05) is 40.5 Å². The van der Waals surface area contributed by atoms with Gasteiger partial charge in [-0.1, -0.05) is 156 Å². The number of aryl methyl sites for hydroxylation is 4. The monoisotopic (exact) mass is 1620 g/mol. The molecule has 94 heavy (non-hydrogen) atoms. The van der Waals surface area contributed by atoms with Gasteiger partial charge in [0.1, 0.15) is 30.4 Å². The second-order valence-corrected chi connectivity index (χ2v) is 36.1. The first-order chi connectivity index (χ1) is 45.9. The maximum absolute atomic E-state index is 14.9. The van der Waals surface area contributed by atoms with Crippen LogP contribution in [0.1, 0.15) is 204 Å². The summed E-state index contributed by atoms with van der Waals surface area (Å²) in [4.78, 5) is 83.1. The number of fused-ring (bicyclic) bond motifs is 16. The molecule has 0 unspecified atom stereocenters. The van der Waals surface area contributed by atoms with Gasteiger partial charge < -0.3 is 0 Å². The quantitative estimate of drug-likeness (QED) is 0.0349. The number of halogens is 4. The summed E-state index contributed by atoms with van der Waals surface area (Å²) < 4.78 is 15.0. The number of thiophene rings is 6. The summed E-state index contributed by atoms with van der Waals surface area (Å²) in [7, 11) is 0. The van der Waals surface area contributed by atoms with Gasteiger partial charge in [0.15, 0.2) is 22.6 Å². The smallest absolute Gasteiger partial charge is 0.265 e. The molecule has 0 radical (unpaired) electrons. The summed E-state index contributed by atoms with van der Waals surface area (Å²) in [6, 6.07) is 4.04. The van der Waals surface area contributed by atoms with E-state index in [0.717, 1.165) is 219 Å². The van der Waals surface area contributed by atoms with Crippen LogP contribution in [0.15, 0.2) is 58.6 Å². The van der Waals surface area contributed by atoms with Gasteiger partial charge in [0.05, 0.1) is 67.9 Å². The van der Waals surface area contributed by atoms with Gasteiger partial charge in [-0.05, 0) is 149 Å². The van der Waals surface area contributed by atoms with Crippen molar-refractivity contribution in [3.8, 4) is 0 Å². The Morgan fingerprint density at radius 1 is 0.330 bits per heavy atom. The van der Waals surface area contributed by atoms with Crippen molar-refractivity contribution >= 4 is 258 Å². The lowest BCUT2D eigenvalue weighted by Crippen LogP contribution is -2.19. The minimum atomic E-state index is -0.0136. The summed E-state index contributed by atoms with van der Waals surface area (Å²) in [5, 5.41) is 10.9. The molecule has 16 rings (SSSR count). The molecule has 488 valence electrons. The Labute approximate surface area is 599 Å². The number of aromatic nitrogens is 8. The zero-order valence-electron chi connectivity index (χ0n) is 53.3. The molecule has 0 saturated heterocycles. The van der Waals surface area contributed by atoms with Crippen LogP contribution in [0.25, 0.3) is 126 Å². The number of hydrogen-bond acceptors (Lipinski definition) is 14. The highest BCUT2D eigenvalue weighted by atomic mass is 79.9. The van der Waals surface area contributed by atoms with Crippen LogP contribution in [0.2, 0.25) is 0 Å². The second kappa shape index (κ2) is 27.4. The Balaban J connectivity index is 0.000000155. The molecule has 0 bridgehead atoms. The van der Waals surface area contributed by atoms with E-state index in [9.17, 15) is 19.2 Å². The van der Waals surface area contributed by atoms with Crippen molar-refractivity contribution in [1.29, 1.82) is 0 Å². The van der Waals surface area contributed by atoms with E-state index >= 15 is 0 Å². The molecule has 2 aromatic carbocycles. The largest absolute Gasteiger partial charge is 0.268 e. The Morgan fingerprint density at radius 3 is 0.904 bits per heavy atom. The average molecular weight is 1630 g/mol. The van der Waals surface area contributed by atoms with E-state index < -0.39 is 0 Å². The van der Waals surface area contributed by atoms with Crippen molar-refractivity contribution < 1.29 is 0 Å². The van der Waals surface area contributed by atoms with Crippen LogP contribution in [0, 0.1) is 0 Å². The topological polar surface area (TPSA) is 137 Å². The Bertz CT molecular complexity index is 5440. The third kappa shape index (κ3) is 10.9. The molecule has 16 aromatic rings. The molecule has 0 fully saturated rings. The van der Waals surface area contributed by atoms with E-state index in [2.05, 4.69) is 91.4 Å². The fourth-order valence-corrected chi connectivity index (χ4v) is 23.8. The van der Waals surface area contributed by atoms with Crippen LogP contribution in [0.4, 0.5) is 0 Å². The van der Waals surface area contributed by atoms with Crippen LogP contribution in [-0.2, 0) is 25.7 Å². The molecule has 0 amide bonds. The third-order valence-electron chi connectivity index (χ3n) is 19.7. The molecule has 0 saturated carbocycles. The maximum atomic E-state index is 14.9. The van der Waals surface area contributed by atoms with Gasteiger partial charge in [0.2, 0.25) is 0 Å². The van der Waals surface area contributed by atoms with Crippen molar-refractivity contribution in [3.05, 3.63) is 103 Å². The molecule has 0 spiro atoms. The molecule has 0 atom stereocenters. The first-order valence-electron chi connectivity index (χ1n) is 34.0. The molecular weight excluding hydrogens is 1550 g/mol. The average Bonchev–Trinajstić information content (AvgIpc) is 1.50. The predicted octanol–water partition coefficient (Wildman–Crippen LogP) is 23.7. The zero-order valence-corrected chi connectivity index (χ0v) is 64.5. The molecule has 0 N–H and O–H groups in total. The number of hydrogen-bond donors (Lipinski definition) is 0. The van der Waals surface area contributed by atoms with Crippen LogP contribution in [-0.4, -0.2) is 37.5 Å². The van der Waals surface area contributed by atoms with Gasteiger partial charge >= 0.3 is 0 Å². The number of unbranched alkanes of at least 4 members (excludes halogenated alkanes) is 20. The summed E-state index contributed by atoms with van der Waals surface area (Å²) in [6.07, 6.45) is 31.4. The highest BCUT2D eigenvalue weighted by molar-refractivity contribution is 9.11. The molecular formula is C72H72Br4N8O4S6. The first-order valence-corrected chi connectivity index (χ1v) is 42.2. The summed E-state index contributed by atoms with van der Waals surface area (Å²) >= 11 is 24.2. The fourth-order valence-electron chi connectivity index (χ4n) is 15.3. The predicted molar refractivity (Wildman–Crippen MR) is 419 cm³/mol. The van der Waals surface area contributed by atoms with Gasteiger partial charge in [-0.3, -0.25) is 36.8 Å². The van der Waals surface area contributed by atoms with Crippen molar-refractivity contribution in [2.45, 2.75) is 207 Å². The zero-order chi connectivity index (χ0) is 64.8. The molecule has 14 aromatic heterocycles. The number of imidazole rings is 4. The fraction of sp³-hybridized carbons (Fsp3) is 0.444. The first kappa shape index (κ1) is 65.6.